The number of aromatic nitrogens is 8. The monoisotopic (exact) mass is 1930 g/mol. The second-order valence-corrected chi connectivity index (χ2v) is 32.8. The van der Waals surface area contributed by atoms with Gasteiger partial charge in [-0.05, 0) is 295 Å². The minimum Gasteiger partial charge on any atom is -0.457 e. The molecule has 0 aliphatic carbocycles. The van der Waals surface area contributed by atoms with E-state index in [1.807, 2.05) is 149 Å². The number of aliphatic hydroxyl groups is 2. The number of nitrogens with two attached hydrogens (primary N) is 4. The molecule has 2 aliphatic rings. The third-order valence-electron chi connectivity index (χ3n) is 23.4. The first kappa shape index (κ1) is 99.0. The highest BCUT2D eigenvalue weighted by Crippen LogP contribution is 2.41. The third-order valence-corrected chi connectivity index (χ3v) is 23.4. The zero-order valence-electron chi connectivity index (χ0n) is 74.7. The zero-order valence-corrected chi connectivity index (χ0v) is 74.7. The van der Waals surface area contributed by atoms with Crippen LogP contribution in [0.15, 0.2) is 291 Å². The van der Waals surface area contributed by atoms with Gasteiger partial charge in [0.25, 0.3) is 0 Å². The molecule has 12 N–H and O–H groups in total. The average Bonchev–Trinajstić information content (AvgIpc) is 1.61. The van der Waals surface area contributed by atoms with Gasteiger partial charge in [0.1, 0.15) is 81.4 Å². The number of fused-ring (bicyclic) bond motifs is 4. The topological polar surface area (TPSA) is 352 Å². The van der Waals surface area contributed by atoms with E-state index in [-0.39, 0.29) is 48.0 Å². The van der Waals surface area contributed by atoms with Gasteiger partial charge in [-0.25, -0.2) is 19.9 Å². The summed E-state index contributed by atoms with van der Waals surface area (Å²) in [5.74, 6) is 3.83. The second-order valence-electron chi connectivity index (χ2n) is 32.8. The first-order chi connectivity index (χ1) is 66.9. The van der Waals surface area contributed by atoms with Crippen molar-refractivity contribution >= 4 is 67.8 Å². The Labute approximate surface area is 791 Å². The van der Waals surface area contributed by atoms with Crippen LogP contribution in [-0.4, -0.2) is 132 Å². The number of para-hydroxylation sites is 8. The fourth-order valence-electron chi connectivity index (χ4n) is 16.5. The van der Waals surface area contributed by atoms with Gasteiger partial charge < -0.3 is 52.1 Å². The number of ether oxygens (including phenoxy) is 4. The van der Waals surface area contributed by atoms with Crippen LogP contribution in [0.5, 0.6) is 46.0 Å². The molecule has 140 heavy (non-hydrogen) atoms. The molecule has 4 aromatic heterocycles. The van der Waals surface area contributed by atoms with Crippen LogP contribution in [-0.2, 0) is 57.0 Å². The molecule has 12 aromatic carbocycles. The molecule has 6 unspecified atom stereocenters. The smallest absolute Gasteiger partial charge is 0.416 e. The molecule has 38 heteroatoms. The Morgan fingerprint density at radius 2 is 0.650 bits per heavy atom. The summed E-state index contributed by atoms with van der Waals surface area (Å²) in [5.41, 5.74) is 28.8. The molecule has 2 aliphatic heterocycles. The van der Waals surface area contributed by atoms with E-state index in [0.717, 1.165) is 166 Å². The van der Waals surface area contributed by atoms with Crippen molar-refractivity contribution in [3.05, 3.63) is 337 Å². The minimum atomic E-state index is -4.41. The molecule has 16 aromatic rings. The van der Waals surface area contributed by atoms with Gasteiger partial charge in [-0.3, -0.25) is 57.9 Å². The predicted molar refractivity (Wildman–Crippen MR) is 499 cm³/mol. The van der Waals surface area contributed by atoms with Gasteiger partial charge in [0.15, 0.2) is 0 Å². The molecule has 724 valence electrons. The Balaban J connectivity index is 0.000000141. The fraction of sp³-hybridized carbons (Fsp3) is 0.216. The van der Waals surface area contributed by atoms with Crippen LogP contribution in [0.1, 0.15) is 97.2 Å². The van der Waals surface area contributed by atoms with Crippen molar-refractivity contribution in [1.82, 2.24) is 58.6 Å². The van der Waals surface area contributed by atoms with Gasteiger partial charge in [-0.15, -0.1) is 0 Å². The second kappa shape index (κ2) is 42.6. The van der Waals surface area contributed by atoms with Crippen molar-refractivity contribution in [3.63, 3.8) is 0 Å². The summed E-state index contributed by atoms with van der Waals surface area (Å²) in [5, 5.41) is 24.7. The maximum atomic E-state index is 12.8. The number of hydrogen-bond acceptors (Lipinski definition) is 18. The Morgan fingerprint density at radius 1 is 0.364 bits per heavy atom. The number of nitrogens with zero attached hydrogens (tertiary/aromatic N) is 10. The number of imidazole rings is 4. The number of carbonyl (C=O) groups excluding carboxylic acids is 4. The summed E-state index contributed by atoms with van der Waals surface area (Å²) >= 11 is 0. The summed E-state index contributed by atoms with van der Waals surface area (Å²) in [4.78, 5) is 70.1. The number of benzene rings is 12. The number of primary amides is 4. The Kier molecular flexibility index (Phi) is 30.2. The number of amides is 4. The van der Waals surface area contributed by atoms with Crippen LogP contribution in [0.25, 0.3) is 66.9 Å². The third kappa shape index (κ3) is 23.5. The van der Waals surface area contributed by atoms with Crippen molar-refractivity contribution in [2.45, 2.75) is 114 Å². The molecule has 18 rings (SSSR count). The van der Waals surface area contributed by atoms with Crippen molar-refractivity contribution in [2.24, 2.45) is 22.9 Å². The number of nitrogens with one attached hydrogen (secondary N) is 2. The van der Waals surface area contributed by atoms with Crippen molar-refractivity contribution < 1.29 is 101 Å². The Morgan fingerprint density at radius 3 is 0.986 bits per heavy atom. The molecule has 2 fully saturated rings. The summed E-state index contributed by atoms with van der Waals surface area (Å²) in [6.45, 7) is 5.14. The van der Waals surface area contributed by atoms with Gasteiger partial charge in [-0.2, -0.15) is 52.7 Å². The first-order valence-corrected chi connectivity index (χ1v) is 44.0. The van der Waals surface area contributed by atoms with Crippen LogP contribution in [0.2, 0.25) is 0 Å². The van der Waals surface area contributed by atoms with E-state index < -0.39 is 90.1 Å². The van der Waals surface area contributed by atoms with E-state index in [1.54, 1.807) is 72.8 Å². The van der Waals surface area contributed by atoms with Crippen molar-refractivity contribution in [1.29, 1.82) is 0 Å². The minimum absolute atomic E-state index is 0.152. The van der Waals surface area contributed by atoms with Crippen LogP contribution in [0.3, 0.4) is 0 Å². The Bertz CT molecular complexity index is 7010. The number of aliphatic hydroxyl groups excluding tert-OH is 2. The molecule has 6 atom stereocenters. The standard InChI is InChI=1S/C27H25F3N4O2.C26H23F3N4O2.C25H23F3N4O3.C24H21F3N4O3/c1-17(33-16-4-7-24(33)25(31)35)26-32-22-5-2-3-6-23(22)34(26)19-10-14-21(15-11-19)36-20-12-8-18(9-13-20)27(28,29)30;27-26(28,29)17-7-11-19(12-8-17)35-20-13-9-18(10-14-20)33-22-5-2-1-4-21(22)31-24(33)16-32-15-3-6-23(32)25(30)34;1-15(30-21(14-33)23(29)34)24-31-20-4-2-3-5-22(20)32(24)17-8-12-19(13-9-17)35-18-10-6-16(7-11-18)25(26,27)28;25-24(26,27)15-5-9-17(10-6-15)34-18-11-7-16(8-12-18)31-21-4-2-1-3-19(21)30-22(31)13-29-20(14-32)23(28)33/h2-3,5-6,8-15,17,24H,4,7,16H2,1H3,(H2,31,35);1-2,4-5,7-14,23H,3,6,15-16H2,(H2,30,34);2-13,15,21,30,33H,14H2,1H3,(H2,29,34);1-12,20,29,32H,13-14H2,(H2,28,33). The molecule has 4 amide bonds. The molecule has 6 heterocycles. The SMILES string of the molecule is CC(NC(CO)C(N)=O)c1nc2ccccc2n1-c1ccc(Oc2ccc(C(F)(F)F)cc2)cc1.CC(c1nc2ccccc2n1-c1ccc(Oc2ccc(C(F)(F)F)cc2)cc1)N1CCCC1C(N)=O.NC(=O)C(CO)NCc1nc2ccccc2n1-c1ccc(Oc2ccc(C(F)(F)F)cc2)cc1.NC(=O)C1CCCN1Cc1nc2ccccc2n1-c1ccc(Oc2ccc(C(F)(F)F)cc2)cc1. The van der Waals surface area contributed by atoms with Gasteiger partial charge in [-0.1, -0.05) is 48.5 Å². The van der Waals surface area contributed by atoms with Gasteiger partial charge in [0.2, 0.25) is 23.6 Å². The van der Waals surface area contributed by atoms with E-state index in [2.05, 4.69) is 30.0 Å². The number of carbonyl (C=O) groups is 4. The van der Waals surface area contributed by atoms with Crippen LogP contribution >= 0.6 is 0 Å². The molecule has 0 saturated carbocycles. The maximum absolute atomic E-state index is 12.8. The lowest BCUT2D eigenvalue weighted by molar-refractivity contribution is -0.138. The lowest BCUT2D eigenvalue weighted by Crippen LogP contribution is -2.45. The number of hydrogen-bond donors (Lipinski definition) is 8. The molecule has 26 nitrogen and oxygen atoms in total. The number of likely N-dealkylation sites (tertiary alicyclic amines) is 2. The number of alkyl halides is 12. The van der Waals surface area contributed by atoms with Gasteiger partial charge >= 0.3 is 24.7 Å². The van der Waals surface area contributed by atoms with Crippen LogP contribution in [0, 0.1) is 0 Å². The van der Waals surface area contributed by atoms with Crippen molar-refractivity contribution in [2.75, 3.05) is 26.3 Å². The quantitative estimate of drug-likeness (QED) is 0.0211. The van der Waals surface area contributed by atoms with E-state index in [9.17, 15) is 82.1 Å². The average molecular weight is 1930 g/mol. The van der Waals surface area contributed by atoms with Gasteiger partial charge in [0, 0.05) is 22.7 Å². The fourth-order valence-corrected chi connectivity index (χ4v) is 16.5. The molecular formula is C102H92F12N16O10. The highest BCUT2D eigenvalue weighted by molar-refractivity contribution is 5.84. The summed E-state index contributed by atoms with van der Waals surface area (Å²) in [6.07, 6.45) is -14.3. The molecular weight excluding hydrogens is 1840 g/mol. The van der Waals surface area contributed by atoms with E-state index >= 15 is 0 Å². The van der Waals surface area contributed by atoms with Crippen LogP contribution in [0.4, 0.5) is 52.7 Å². The lowest BCUT2D eigenvalue weighted by atomic mass is 10.1. The number of halogens is 12. The zero-order chi connectivity index (χ0) is 99.5. The largest absolute Gasteiger partial charge is 0.457 e. The molecule has 0 bridgehead atoms. The molecule has 0 radical (unpaired) electrons. The maximum Gasteiger partial charge on any atom is 0.416 e. The molecule has 0 spiro atoms. The number of rotatable bonds is 28. The normalized spacial score (nSPS) is 15.1. The van der Waals surface area contributed by atoms with Gasteiger partial charge in [0.05, 0.1) is 117 Å². The predicted octanol–water partition coefficient (Wildman–Crippen LogP) is 19.2. The highest BCUT2D eigenvalue weighted by atomic mass is 19.4. The summed E-state index contributed by atoms with van der Waals surface area (Å²) < 4.78 is 184. The highest BCUT2D eigenvalue weighted by Gasteiger charge is 2.38. The van der Waals surface area contributed by atoms with E-state index in [0.29, 0.717) is 52.7 Å². The van der Waals surface area contributed by atoms with E-state index in [1.165, 1.54) is 48.5 Å². The molecule has 2 saturated heterocycles. The summed E-state index contributed by atoms with van der Waals surface area (Å²) in [7, 11) is 0. The Hall–Kier alpha value is -15.5. The first-order valence-electron chi connectivity index (χ1n) is 44.0. The van der Waals surface area contributed by atoms with Crippen LogP contribution < -0.4 is 52.5 Å². The lowest BCUT2D eigenvalue weighted by Gasteiger charge is -2.29. The van der Waals surface area contributed by atoms with E-state index in [4.69, 9.17) is 56.8 Å². The summed E-state index contributed by atoms with van der Waals surface area (Å²) in [6, 6.07) is 74.1. The van der Waals surface area contributed by atoms with Crippen molar-refractivity contribution in [3.8, 4) is 68.7 Å².